The van der Waals surface area contributed by atoms with Crippen molar-refractivity contribution in [3.05, 3.63) is 18.0 Å². The first kappa shape index (κ1) is 18.5. The molecule has 130 valence electrons. The Morgan fingerprint density at radius 1 is 1.30 bits per heavy atom. The molecule has 2 fully saturated rings. The topological polar surface area (TPSA) is 45.5 Å². The number of aryl methyl sites for hydroxylation is 2. The first-order valence-corrected chi connectivity index (χ1v) is 8.69. The first-order valence-electron chi connectivity index (χ1n) is 8.69. The summed E-state index contributed by atoms with van der Waals surface area (Å²) in [5, 5.41) is 7.76. The number of rotatable bonds is 4. The monoisotopic (exact) mass is 431 g/mol. The smallest absolute Gasteiger partial charge is 0.193 e. The Morgan fingerprint density at radius 2 is 2.00 bits per heavy atom. The van der Waals surface area contributed by atoms with Gasteiger partial charge < -0.3 is 10.2 Å². The highest BCUT2D eigenvalue weighted by molar-refractivity contribution is 14.0. The predicted molar refractivity (Wildman–Crippen MR) is 105 cm³/mol. The van der Waals surface area contributed by atoms with E-state index in [1.807, 2.05) is 25.0 Å². The molecule has 1 aliphatic carbocycles. The van der Waals surface area contributed by atoms with Crippen LogP contribution in [0.1, 0.15) is 37.7 Å². The number of nitrogens with one attached hydrogen (secondary N) is 1. The van der Waals surface area contributed by atoms with Crippen LogP contribution >= 0.6 is 24.0 Å². The minimum absolute atomic E-state index is 0. The highest BCUT2D eigenvalue weighted by Gasteiger charge is 2.35. The Labute approximate surface area is 156 Å². The fraction of sp³-hybridized carbons (Fsp3) is 0.765. The maximum atomic E-state index is 4.49. The zero-order valence-electron chi connectivity index (χ0n) is 14.4. The average Bonchev–Trinajstić information content (AvgIpc) is 3.13. The van der Waals surface area contributed by atoms with Crippen molar-refractivity contribution < 1.29 is 0 Å². The Balaban J connectivity index is 0.00000192. The van der Waals surface area contributed by atoms with E-state index < -0.39 is 0 Å². The van der Waals surface area contributed by atoms with Gasteiger partial charge in [-0.05, 0) is 43.1 Å². The van der Waals surface area contributed by atoms with E-state index in [2.05, 4.69) is 26.5 Å². The Bertz CT molecular complexity index is 499. The molecule has 1 N–H and O–H groups in total. The Hall–Kier alpha value is -0.790. The molecule has 1 aliphatic heterocycles. The van der Waals surface area contributed by atoms with Crippen LogP contribution in [0.4, 0.5) is 0 Å². The number of aliphatic imine (C=N–C) groups is 1. The summed E-state index contributed by atoms with van der Waals surface area (Å²) in [6.45, 7) is 3.38. The van der Waals surface area contributed by atoms with Crippen LogP contribution in [0.15, 0.2) is 17.4 Å². The van der Waals surface area contributed by atoms with Crippen molar-refractivity contribution in [2.75, 3.05) is 26.7 Å². The van der Waals surface area contributed by atoms with Crippen LogP contribution in [0, 0.1) is 11.8 Å². The lowest BCUT2D eigenvalue weighted by atomic mass is 9.82. The Morgan fingerprint density at radius 3 is 2.57 bits per heavy atom. The van der Waals surface area contributed by atoms with E-state index in [0.29, 0.717) is 0 Å². The van der Waals surface area contributed by atoms with Crippen molar-refractivity contribution in [3.8, 4) is 0 Å². The highest BCUT2D eigenvalue weighted by atomic mass is 127. The lowest BCUT2D eigenvalue weighted by Gasteiger charge is -2.22. The van der Waals surface area contributed by atoms with Gasteiger partial charge >= 0.3 is 0 Å². The first-order chi connectivity index (χ1) is 10.8. The molecule has 0 radical (unpaired) electrons. The quantitative estimate of drug-likeness (QED) is 0.345. The minimum atomic E-state index is 0. The van der Waals surface area contributed by atoms with Gasteiger partial charge in [-0.25, -0.2) is 0 Å². The molecule has 23 heavy (non-hydrogen) atoms. The fourth-order valence-electron chi connectivity index (χ4n) is 4.00. The van der Waals surface area contributed by atoms with E-state index in [9.17, 15) is 0 Å². The molecule has 1 aromatic heterocycles. The van der Waals surface area contributed by atoms with Gasteiger partial charge in [0.2, 0.25) is 0 Å². The molecule has 1 saturated carbocycles. The van der Waals surface area contributed by atoms with E-state index in [-0.39, 0.29) is 24.0 Å². The van der Waals surface area contributed by atoms with E-state index in [0.717, 1.165) is 37.2 Å². The molecule has 0 spiro atoms. The van der Waals surface area contributed by atoms with Gasteiger partial charge in [-0.1, -0.05) is 12.8 Å². The van der Waals surface area contributed by atoms with Crippen LogP contribution in [0.5, 0.6) is 0 Å². The van der Waals surface area contributed by atoms with E-state index in [1.165, 1.54) is 44.3 Å². The van der Waals surface area contributed by atoms with E-state index >= 15 is 0 Å². The zero-order chi connectivity index (χ0) is 15.4. The molecular formula is C17H30IN5. The molecule has 0 amide bonds. The second kappa shape index (κ2) is 8.89. The molecule has 2 atom stereocenters. The van der Waals surface area contributed by atoms with Crippen LogP contribution in [0.2, 0.25) is 0 Å². The largest absolute Gasteiger partial charge is 0.356 e. The van der Waals surface area contributed by atoms with Crippen molar-refractivity contribution in [1.82, 2.24) is 20.0 Å². The molecule has 0 bridgehead atoms. The van der Waals surface area contributed by atoms with Gasteiger partial charge in [0.15, 0.2) is 5.96 Å². The highest BCUT2D eigenvalue weighted by Crippen LogP contribution is 2.35. The van der Waals surface area contributed by atoms with Crippen LogP contribution in [-0.4, -0.2) is 47.3 Å². The van der Waals surface area contributed by atoms with Crippen molar-refractivity contribution in [3.63, 3.8) is 0 Å². The standard InChI is InChI=1S/C17H29N5.HI/c1-18-17(19-9-5-6-14-10-20-21(2)11-14)22-12-15-7-3-4-8-16(15)13-22;/h10-11,15-16H,3-9,12-13H2,1-2H3,(H,18,19);1H. The summed E-state index contributed by atoms with van der Waals surface area (Å²) < 4.78 is 1.87. The van der Waals surface area contributed by atoms with Gasteiger partial charge in [-0.15, -0.1) is 24.0 Å². The second-order valence-corrected chi connectivity index (χ2v) is 6.81. The third-order valence-corrected chi connectivity index (χ3v) is 5.17. The number of likely N-dealkylation sites (tertiary alicyclic amines) is 1. The van der Waals surface area contributed by atoms with Crippen molar-refractivity contribution in [2.45, 2.75) is 38.5 Å². The molecule has 5 nitrogen and oxygen atoms in total. The fourth-order valence-corrected chi connectivity index (χ4v) is 4.00. The number of guanidine groups is 1. The number of nitrogens with zero attached hydrogens (tertiary/aromatic N) is 4. The molecular weight excluding hydrogens is 401 g/mol. The average molecular weight is 431 g/mol. The molecule has 2 unspecified atom stereocenters. The van der Waals surface area contributed by atoms with Gasteiger partial charge in [0.1, 0.15) is 0 Å². The summed E-state index contributed by atoms with van der Waals surface area (Å²) in [6, 6.07) is 0. The lowest BCUT2D eigenvalue weighted by molar-refractivity contribution is 0.299. The normalized spacial score (nSPS) is 24.3. The molecule has 3 rings (SSSR count). The van der Waals surface area contributed by atoms with Gasteiger partial charge in [0.25, 0.3) is 0 Å². The van der Waals surface area contributed by atoms with Gasteiger partial charge in [0, 0.05) is 39.9 Å². The summed E-state index contributed by atoms with van der Waals surface area (Å²) >= 11 is 0. The minimum Gasteiger partial charge on any atom is -0.356 e. The number of halogens is 1. The van der Waals surface area contributed by atoms with Crippen molar-refractivity contribution in [2.24, 2.45) is 23.9 Å². The zero-order valence-corrected chi connectivity index (χ0v) is 16.7. The molecule has 1 saturated heterocycles. The van der Waals surface area contributed by atoms with E-state index in [4.69, 9.17) is 0 Å². The van der Waals surface area contributed by atoms with Crippen molar-refractivity contribution >= 4 is 29.9 Å². The number of hydrogen-bond donors (Lipinski definition) is 1. The molecule has 6 heteroatoms. The molecule has 0 aromatic carbocycles. The van der Waals surface area contributed by atoms with E-state index in [1.54, 1.807) is 0 Å². The maximum absolute atomic E-state index is 4.49. The summed E-state index contributed by atoms with van der Waals surface area (Å²) in [5.74, 6) is 2.91. The third-order valence-electron chi connectivity index (χ3n) is 5.17. The number of aromatic nitrogens is 2. The van der Waals surface area contributed by atoms with Crippen LogP contribution in [0.3, 0.4) is 0 Å². The molecule has 2 aliphatic rings. The number of fused-ring (bicyclic) bond motifs is 1. The van der Waals surface area contributed by atoms with Gasteiger partial charge in [0.05, 0.1) is 6.20 Å². The molecule has 1 aromatic rings. The van der Waals surface area contributed by atoms with Crippen LogP contribution in [-0.2, 0) is 13.5 Å². The summed E-state index contributed by atoms with van der Waals surface area (Å²) in [6.07, 6.45) is 11.9. The Kier molecular flexibility index (Phi) is 7.17. The molecule has 2 heterocycles. The third kappa shape index (κ3) is 4.84. The van der Waals surface area contributed by atoms with Crippen molar-refractivity contribution in [1.29, 1.82) is 0 Å². The maximum Gasteiger partial charge on any atom is 0.193 e. The predicted octanol–water partition coefficient (Wildman–Crippen LogP) is 2.67. The van der Waals surface area contributed by atoms with Crippen LogP contribution < -0.4 is 5.32 Å². The van der Waals surface area contributed by atoms with Crippen LogP contribution in [0.25, 0.3) is 0 Å². The number of hydrogen-bond acceptors (Lipinski definition) is 2. The second-order valence-electron chi connectivity index (χ2n) is 6.81. The lowest BCUT2D eigenvalue weighted by Crippen LogP contribution is -2.40. The van der Waals surface area contributed by atoms with Gasteiger partial charge in [-0.2, -0.15) is 5.10 Å². The SMILES string of the molecule is CN=C(NCCCc1cnn(C)c1)N1CC2CCCCC2C1.I. The summed E-state index contributed by atoms with van der Waals surface area (Å²) in [7, 11) is 3.88. The summed E-state index contributed by atoms with van der Waals surface area (Å²) in [4.78, 5) is 6.97. The van der Waals surface area contributed by atoms with Gasteiger partial charge in [-0.3, -0.25) is 9.67 Å². The summed E-state index contributed by atoms with van der Waals surface area (Å²) in [5.41, 5.74) is 1.31.